The molecule has 0 bridgehead atoms. The molecule has 4 N–H and O–H groups in total. The second-order valence-electron chi connectivity index (χ2n) is 3.82. The molecule has 0 spiro atoms. The number of hydrogen-bond acceptors (Lipinski definition) is 3. The predicted octanol–water partition coefficient (Wildman–Crippen LogP) is 2.11. The van der Waals surface area contributed by atoms with E-state index < -0.39 is 0 Å². The summed E-state index contributed by atoms with van der Waals surface area (Å²) in [5, 5.41) is 12.3. The molecular weight excluding hydrogens is 263 g/mol. The summed E-state index contributed by atoms with van der Waals surface area (Å²) < 4.78 is 13.4. The number of halogens is 2. The third-order valence-electron chi connectivity index (χ3n) is 2.57. The minimum Gasteiger partial charge on any atom is -0.397 e. The van der Waals surface area contributed by atoms with Gasteiger partial charge in [-0.15, -0.1) is 0 Å². The summed E-state index contributed by atoms with van der Waals surface area (Å²) in [6, 6.07) is 3.14. The predicted molar refractivity (Wildman–Crippen MR) is 61.2 cm³/mol. The van der Waals surface area contributed by atoms with Gasteiger partial charge in [0.15, 0.2) is 0 Å². The summed E-state index contributed by atoms with van der Waals surface area (Å²) >= 11 is 3.10. The number of nitrogens with one attached hydrogen (secondary N) is 1. The van der Waals surface area contributed by atoms with Gasteiger partial charge in [-0.2, -0.15) is 0 Å². The Morgan fingerprint density at radius 3 is 2.73 bits per heavy atom. The Morgan fingerprint density at radius 1 is 1.47 bits per heavy atom. The lowest BCUT2D eigenvalue weighted by Gasteiger charge is -2.33. The molecule has 2 rings (SSSR count). The van der Waals surface area contributed by atoms with E-state index in [0.717, 1.165) is 0 Å². The van der Waals surface area contributed by atoms with Gasteiger partial charge in [-0.3, -0.25) is 0 Å². The van der Waals surface area contributed by atoms with Gasteiger partial charge in [0.1, 0.15) is 5.82 Å². The summed E-state index contributed by atoms with van der Waals surface area (Å²) in [5.74, 6) is -0.369. The maximum absolute atomic E-state index is 13.1. The quantitative estimate of drug-likeness (QED) is 0.724. The molecule has 1 aliphatic rings. The summed E-state index contributed by atoms with van der Waals surface area (Å²) in [5.41, 5.74) is 6.76. The molecular formula is C10H12BrFN2O. The molecule has 1 saturated carbocycles. The number of nitrogen functional groups attached to an aromatic ring is 1. The number of anilines is 2. The van der Waals surface area contributed by atoms with Crippen LogP contribution in [0, 0.1) is 5.82 Å². The first-order valence-electron chi connectivity index (χ1n) is 4.75. The molecule has 0 unspecified atom stereocenters. The molecule has 0 aromatic heterocycles. The maximum Gasteiger partial charge on any atom is 0.139 e. The van der Waals surface area contributed by atoms with Gasteiger partial charge in [-0.25, -0.2) is 4.39 Å². The van der Waals surface area contributed by atoms with Crippen molar-refractivity contribution in [3.05, 3.63) is 22.4 Å². The minimum absolute atomic E-state index is 0.215. The van der Waals surface area contributed by atoms with Crippen LogP contribution in [-0.2, 0) is 0 Å². The van der Waals surface area contributed by atoms with Crippen molar-refractivity contribution in [3.8, 4) is 0 Å². The number of hydrogen-bond donors (Lipinski definition) is 3. The number of aliphatic hydroxyl groups excluding tert-OH is 1. The first-order valence-corrected chi connectivity index (χ1v) is 5.54. The molecule has 0 aliphatic heterocycles. The standard InChI is InChI=1S/C10H12BrFN2O/c11-7-3-10(9(13)4-8(7)12)14-5-1-6(15)2-5/h3-6,14-15H,1-2,13H2. The van der Waals surface area contributed by atoms with Crippen molar-refractivity contribution in [2.45, 2.75) is 25.0 Å². The molecule has 0 atom stereocenters. The van der Waals surface area contributed by atoms with Crippen LogP contribution in [0.5, 0.6) is 0 Å². The van der Waals surface area contributed by atoms with Gasteiger partial charge in [-0.05, 0) is 34.8 Å². The Hall–Kier alpha value is -0.810. The lowest BCUT2D eigenvalue weighted by Crippen LogP contribution is -2.39. The van der Waals surface area contributed by atoms with Crippen molar-refractivity contribution in [1.29, 1.82) is 0 Å². The normalized spacial score (nSPS) is 24.7. The third kappa shape index (κ3) is 2.23. The van der Waals surface area contributed by atoms with E-state index in [1.807, 2.05) is 0 Å². The van der Waals surface area contributed by atoms with Crippen molar-refractivity contribution < 1.29 is 9.50 Å². The third-order valence-corrected chi connectivity index (χ3v) is 3.17. The lowest BCUT2D eigenvalue weighted by atomic mass is 9.89. The average molecular weight is 275 g/mol. The van der Waals surface area contributed by atoms with Crippen LogP contribution in [0.4, 0.5) is 15.8 Å². The van der Waals surface area contributed by atoms with Gasteiger partial charge in [-0.1, -0.05) is 0 Å². The summed E-state index contributed by atoms with van der Waals surface area (Å²) in [6.07, 6.45) is 1.22. The fraction of sp³-hybridized carbons (Fsp3) is 0.400. The van der Waals surface area contributed by atoms with Crippen LogP contribution in [0.3, 0.4) is 0 Å². The number of rotatable bonds is 2. The van der Waals surface area contributed by atoms with Gasteiger partial charge < -0.3 is 16.2 Å². The molecule has 0 amide bonds. The zero-order chi connectivity index (χ0) is 11.0. The van der Waals surface area contributed by atoms with Crippen LogP contribution in [-0.4, -0.2) is 17.3 Å². The molecule has 15 heavy (non-hydrogen) atoms. The Balaban J connectivity index is 2.11. The molecule has 1 aliphatic carbocycles. The molecule has 1 aromatic rings. The van der Waals surface area contributed by atoms with E-state index in [2.05, 4.69) is 21.2 Å². The topological polar surface area (TPSA) is 58.3 Å². The molecule has 0 radical (unpaired) electrons. The highest BCUT2D eigenvalue weighted by Crippen LogP contribution is 2.30. The number of aliphatic hydroxyl groups is 1. The van der Waals surface area contributed by atoms with Crippen molar-refractivity contribution in [1.82, 2.24) is 0 Å². The monoisotopic (exact) mass is 274 g/mol. The van der Waals surface area contributed by atoms with Crippen LogP contribution in [0.2, 0.25) is 0 Å². The highest BCUT2D eigenvalue weighted by molar-refractivity contribution is 9.10. The van der Waals surface area contributed by atoms with Crippen molar-refractivity contribution in [2.75, 3.05) is 11.1 Å². The Bertz CT molecular complexity index is 380. The van der Waals surface area contributed by atoms with Crippen LogP contribution in [0.15, 0.2) is 16.6 Å². The highest BCUT2D eigenvalue weighted by Gasteiger charge is 2.27. The van der Waals surface area contributed by atoms with Gasteiger partial charge in [0.25, 0.3) is 0 Å². The van der Waals surface area contributed by atoms with E-state index in [0.29, 0.717) is 28.7 Å². The first kappa shape index (κ1) is 10.7. The molecule has 82 valence electrons. The van der Waals surface area contributed by atoms with Gasteiger partial charge in [0, 0.05) is 12.1 Å². The van der Waals surface area contributed by atoms with Crippen LogP contribution < -0.4 is 11.1 Å². The van der Waals surface area contributed by atoms with Crippen molar-refractivity contribution in [3.63, 3.8) is 0 Å². The molecule has 5 heteroatoms. The first-order chi connectivity index (χ1) is 7.06. The van der Waals surface area contributed by atoms with E-state index in [9.17, 15) is 4.39 Å². The number of benzene rings is 1. The Morgan fingerprint density at radius 2 is 2.13 bits per heavy atom. The minimum atomic E-state index is -0.369. The van der Waals surface area contributed by atoms with E-state index >= 15 is 0 Å². The highest BCUT2D eigenvalue weighted by atomic mass is 79.9. The molecule has 0 heterocycles. The molecule has 3 nitrogen and oxygen atoms in total. The van der Waals surface area contributed by atoms with Gasteiger partial charge in [0.2, 0.25) is 0 Å². The summed E-state index contributed by atoms with van der Waals surface area (Å²) in [7, 11) is 0. The summed E-state index contributed by atoms with van der Waals surface area (Å²) in [6.45, 7) is 0. The van der Waals surface area contributed by atoms with Crippen LogP contribution in [0.25, 0.3) is 0 Å². The lowest BCUT2D eigenvalue weighted by molar-refractivity contribution is 0.0837. The fourth-order valence-corrected chi connectivity index (χ4v) is 1.96. The van der Waals surface area contributed by atoms with Crippen molar-refractivity contribution in [2.24, 2.45) is 0 Å². The van der Waals surface area contributed by atoms with Crippen LogP contribution in [0.1, 0.15) is 12.8 Å². The van der Waals surface area contributed by atoms with Gasteiger partial charge in [0.05, 0.1) is 22.0 Å². The zero-order valence-electron chi connectivity index (χ0n) is 8.00. The molecule has 0 saturated heterocycles. The zero-order valence-corrected chi connectivity index (χ0v) is 9.59. The molecule has 1 aromatic carbocycles. The van der Waals surface area contributed by atoms with E-state index in [1.54, 1.807) is 6.07 Å². The van der Waals surface area contributed by atoms with Gasteiger partial charge >= 0.3 is 0 Å². The smallest absolute Gasteiger partial charge is 0.139 e. The van der Waals surface area contributed by atoms with E-state index in [-0.39, 0.29) is 18.0 Å². The second kappa shape index (κ2) is 3.98. The average Bonchev–Trinajstić information content (AvgIpc) is 2.11. The van der Waals surface area contributed by atoms with E-state index in [4.69, 9.17) is 10.8 Å². The Kier molecular flexibility index (Phi) is 2.84. The van der Waals surface area contributed by atoms with E-state index in [1.165, 1.54) is 6.07 Å². The van der Waals surface area contributed by atoms with Crippen molar-refractivity contribution >= 4 is 27.3 Å². The van der Waals surface area contributed by atoms with Crippen LogP contribution >= 0.6 is 15.9 Å². The fourth-order valence-electron chi connectivity index (χ4n) is 1.61. The largest absolute Gasteiger partial charge is 0.397 e. The Labute approximate surface area is 95.6 Å². The SMILES string of the molecule is Nc1cc(F)c(Br)cc1NC1CC(O)C1. The molecule has 1 fully saturated rings. The number of nitrogens with two attached hydrogens (primary N) is 1. The maximum atomic E-state index is 13.1. The second-order valence-corrected chi connectivity index (χ2v) is 4.67. The summed E-state index contributed by atoms with van der Waals surface area (Å²) in [4.78, 5) is 0.